The fourth-order valence-electron chi connectivity index (χ4n) is 3.62. The summed E-state index contributed by atoms with van der Waals surface area (Å²) in [6, 6.07) is -0.204. The van der Waals surface area contributed by atoms with E-state index in [1.165, 1.54) is 0 Å². The van der Waals surface area contributed by atoms with Gasteiger partial charge < -0.3 is 9.64 Å². The molecule has 0 amide bonds. The third kappa shape index (κ3) is 2.90. The Morgan fingerprint density at radius 1 is 1.32 bits per heavy atom. The molecule has 0 radical (unpaired) electrons. The number of ether oxygens (including phenoxy) is 1. The second-order valence-corrected chi connectivity index (χ2v) is 6.25. The van der Waals surface area contributed by atoms with Crippen LogP contribution in [0.3, 0.4) is 0 Å². The predicted octanol–water partition coefficient (Wildman–Crippen LogP) is 2.19. The number of tetrazole rings is 1. The Morgan fingerprint density at radius 3 is 2.73 bits per heavy atom. The first kappa shape index (κ1) is 15.5. The van der Waals surface area contributed by atoms with Gasteiger partial charge in [-0.1, -0.05) is 5.10 Å². The number of alkyl halides is 3. The van der Waals surface area contributed by atoms with Crippen LogP contribution in [-0.4, -0.2) is 51.7 Å². The number of hydrogen-bond donors (Lipinski definition) is 0. The van der Waals surface area contributed by atoms with Crippen molar-refractivity contribution in [2.45, 2.75) is 57.4 Å². The quantitative estimate of drug-likeness (QED) is 0.855. The highest BCUT2D eigenvalue weighted by molar-refractivity contribution is 5.35. The summed E-state index contributed by atoms with van der Waals surface area (Å²) < 4.78 is 45.2. The molecule has 3 rings (SSSR count). The maximum absolute atomic E-state index is 12.7. The minimum atomic E-state index is -4.14. The molecule has 0 spiro atoms. The van der Waals surface area contributed by atoms with E-state index in [1.54, 1.807) is 4.68 Å². The number of anilines is 1. The van der Waals surface area contributed by atoms with Crippen molar-refractivity contribution >= 4 is 5.95 Å². The summed E-state index contributed by atoms with van der Waals surface area (Å²) in [5.74, 6) is 0.125. The zero-order chi connectivity index (χ0) is 15.9. The van der Waals surface area contributed by atoms with Gasteiger partial charge in [-0.15, -0.1) is 0 Å². The van der Waals surface area contributed by atoms with Gasteiger partial charge >= 0.3 is 6.18 Å². The summed E-state index contributed by atoms with van der Waals surface area (Å²) in [6.45, 7) is 4.95. The normalized spacial score (nSPS) is 32.9. The molecular formula is C13H20F3N5O. The van der Waals surface area contributed by atoms with Crippen LogP contribution in [0.1, 0.15) is 39.2 Å². The van der Waals surface area contributed by atoms with E-state index in [4.69, 9.17) is 4.74 Å². The lowest BCUT2D eigenvalue weighted by atomic mass is 9.96. The van der Waals surface area contributed by atoms with Gasteiger partial charge in [0.2, 0.25) is 5.95 Å². The highest BCUT2D eigenvalue weighted by atomic mass is 19.4. The van der Waals surface area contributed by atoms with Crippen LogP contribution in [0, 0.1) is 5.92 Å². The first-order valence-electron chi connectivity index (χ1n) is 7.57. The Hall–Kier alpha value is -1.38. The molecule has 0 aromatic carbocycles. The molecule has 2 aliphatic heterocycles. The number of aromatic nitrogens is 4. The molecule has 9 heteroatoms. The highest BCUT2D eigenvalue weighted by Gasteiger charge is 2.44. The molecule has 1 aromatic rings. The topological polar surface area (TPSA) is 56.1 Å². The smallest absolute Gasteiger partial charge is 0.379 e. The van der Waals surface area contributed by atoms with Crippen molar-refractivity contribution in [3.8, 4) is 0 Å². The van der Waals surface area contributed by atoms with Gasteiger partial charge in [-0.3, -0.25) is 0 Å². The molecule has 0 saturated carbocycles. The number of halogens is 3. The summed E-state index contributed by atoms with van der Waals surface area (Å²) in [5, 5.41) is 11.8. The van der Waals surface area contributed by atoms with E-state index in [9.17, 15) is 13.2 Å². The van der Waals surface area contributed by atoms with Crippen LogP contribution in [0.25, 0.3) is 0 Å². The Morgan fingerprint density at radius 2 is 2.09 bits per heavy atom. The molecule has 124 valence electrons. The van der Waals surface area contributed by atoms with E-state index in [2.05, 4.69) is 15.5 Å². The Labute approximate surface area is 126 Å². The number of rotatable bonds is 3. The van der Waals surface area contributed by atoms with Gasteiger partial charge in [0.05, 0.1) is 12.6 Å². The standard InChI is InChI=1S/C13H20F3N5O/c1-8-5-10(6-13(14,15)16)9(2)20(8)12-17-18-19-21(12)11-3-4-22-7-11/h8-11H,3-7H2,1-2H3. The molecule has 4 atom stereocenters. The van der Waals surface area contributed by atoms with E-state index in [-0.39, 0.29) is 18.1 Å². The van der Waals surface area contributed by atoms with E-state index in [0.717, 1.165) is 6.42 Å². The van der Waals surface area contributed by atoms with Gasteiger partial charge in [-0.2, -0.15) is 13.2 Å². The van der Waals surface area contributed by atoms with Crippen LogP contribution in [-0.2, 0) is 4.74 Å². The van der Waals surface area contributed by atoms with E-state index in [1.807, 2.05) is 18.7 Å². The zero-order valence-electron chi connectivity index (χ0n) is 12.6. The Balaban J connectivity index is 1.81. The molecule has 1 aromatic heterocycles. The fraction of sp³-hybridized carbons (Fsp3) is 0.923. The second-order valence-electron chi connectivity index (χ2n) is 6.25. The third-order valence-corrected chi connectivity index (χ3v) is 4.69. The lowest BCUT2D eigenvalue weighted by Crippen LogP contribution is -2.38. The second kappa shape index (κ2) is 5.68. The molecule has 22 heavy (non-hydrogen) atoms. The summed E-state index contributed by atoms with van der Waals surface area (Å²) in [6.07, 6.45) is -3.59. The number of nitrogens with zero attached hydrogens (tertiary/aromatic N) is 5. The molecule has 6 nitrogen and oxygen atoms in total. The van der Waals surface area contributed by atoms with Gasteiger partial charge in [0.15, 0.2) is 0 Å². The average molecular weight is 319 g/mol. The van der Waals surface area contributed by atoms with Gasteiger partial charge in [0, 0.05) is 25.1 Å². The van der Waals surface area contributed by atoms with Crippen molar-refractivity contribution in [1.82, 2.24) is 20.2 Å². The van der Waals surface area contributed by atoms with E-state index in [0.29, 0.717) is 25.6 Å². The molecule has 3 heterocycles. The van der Waals surface area contributed by atoms with Crippen LogP contribution >= 0.6 is 0 Å². The molecule has 0 aliphatic carbocycles. The van der Waals surface area contributed by atoms with Crippen molar-refractivity contribution in [3.63, 3.8) is 0 Å². The lowest BCUT2D eigenvalue weighted by Gasteiger charge is -2.29. The molecule has 2 aliphatic rings. The van der Waals surface area contributed by atoms with Crippen LogP contribution < -0.4 is 4.90 Å². The average Bonchev–Trinajstić information content (AvgIpc) is 3.09. The predicted molar refractivity (Wildman–Crippen MR) is 72.5 cm³/mol. The van der Waals surface area contributed by atoms with Crippen molar-refractivity contribution in [2.75, 3.05) is 18.1 Å². The van der Waals surface area contributed by atoms with Crippen LogP contribution in [0.2, 0.25) is 0 Å². The van der Waals surface area contributed by atoms with Crippen molar-refractivity contribution in [3.05, 3.63) is 0 Å². The van der Waals surface area contributed by atoms with Crippen LogP contribution in [0.5, 0.6) is 0 Å². The summed E-state index contributed by atoms with van der Waals surface area (Å²) in [4.78, 5) is 1.93. The minimum absolute atomic E-state index is 0.0191. The van der Waals surface area contributed by atoms with Crippen LogP contribution in [0.15, 0.2) is 0 Å². The van der Waals surface area contributed by atoms with Gasteiger partial charge in [0.25, 0.3) is 0 Å². The maximum Gasteiger partial charge on any atom is 0.389 e. The summed E-state index contributed by atoms with van der Waals surface area (Å²) in [7, 11) is 0. The minimum Gasteiger partial charge on any atom is -0.379 e. The van der Waals surface area contributed by atoms with E-state index >= 15 is 0 Å². The zero-order valence-corrected chi connectivity index (χ0v) is 12.6. The van der Waals surface area contributed by atoms with Crippen LogP contribution in [0.4, 0.5) is 19.1 Å². The van der Waals surface area contributed by atoms with E-state index < -0.39 is 18.5 Å². The molecule has 2 fully saturated rings. The van der Waals surface area contributed by atoms with Crippen molar-refractivity contribution in [1.29, 1.82) is 0 Å². The molecular weight excluding hydrogens is 299 g/mol. The first-order valence-corrected chi connectivity index (χ1v) is 7.57. The monoisotopic (exact) mass is 319 g/mol. The molecule has 2 saturated heterocycles. The van der Waals surface area contributed by atoms with Gasteiger partial charge in [0.1, 0.15) is 0 Å². The highest BCUT2D eigenvalue weighted by Crippen LogP contribution is 2.40. The largest absolute Gasteiger partial charge is 0.389 e. The van der Waals surface area contributed by atoms with Crippen molar-refractivity contribution < 1.29 is 17.9 Å². The third-order valence-electron chi connectivity index (χ3n) is 4.69. The first-order chi connectivity index (χ1) is 10.4. The lowest BCUT2D eigenvalue weighted by molar-refractivity contribution is -0.144. The molecule has 0 bridgehead atoms. The molecule has 4 unspecified atom stereocenters. The van der Waals surface area contributed by atoms with Gasteiger partial charge in [-0.05, 0) is 43.0 Å². The van der Waals surface area contributed by atoms with Crippen molar-refractivity contribution in [2.24, 2.45) is 5.92 Å². The number of hydrogen-bond acceptors (Lipinski definition) is 5. The summed E-state index contributed by atoms with van der Waals surface area (Å²) in [5.41, 5.74) is 0. The SMILES string of the molecule is CC1CC(CC(F)(F)F)C(C)N1c1nnnn1C1CCOC1. The molecule has 0 N–H and O–H groups in total. The Kier molecular flexibility index (Phi) is 4.00. The Bertz CT molecular complexity index is 514. The summed E-state index contributed by atoms with van der Waals surface area (Å²) >= 11 is 0. The fourth-order valence-corrected chi connectivity index (χ4v) is 3.62. The van der Waals surface area contributed by atoms with Gasteiger partial charge in [-0.25, -0.2) is 4.68 Å². The maximum atomic E-state index is 12.7.